The van der Waals surface area contributed by atoms with Gasteiger partial charge in [-0.25, -0.2) is 0 Å². The normalized spacial score (nSPS) is 27.7. The van der Waals surface area contributed by atoms with Crippen molar-refractivity contribution in [2.24, 2.45) is 5.41 Å². The van der Waals surface area contributed by atoms with Gasteiger partial charge >= 0.3 is 11.9 Å². The van der Waals surface area contributed by atoms with Crippen molar-refractivity contribution in [3.05, 3.63) is 41.5 Å². The number of hydroxylamine groups is 2. The van der Waals surface area contributed by atoms with Crippen molar-refractivity contribution in [3.63, 3.8) is 0 Å². The topological polar surface area (TPSA) is 153 Å². The number of unbranched alkanes of at least 4 members (excludes halogenated alkanes) is 4. The molecular formula is C41H61N3O10. The predicted octanol–water partition coefficient (Wildman–Crippen LogP) is 4.83. The molecule has 7 atom stereocenters. The SMILES string of the molecule is CCCCCC1(CCCCC)O[C@@H]2[C@H](O1)[C@H]1ON(Cc3ccc(C=CC(=O)N(C)C)cc3)[C@H]3C(=O)O[C@@H]2C[C@@]13C(=O)N[C@H](CO)CCC(=O)OC(C)(C)C. The van der Waals surface area contributed by atoms with Crippen LogP contribution in [0.2, 0.25) is 0 Å². The second-order valence-electron chi connectivity index (χ2n) is 16.5. The molecule has 2 N–H and O–H groups in total. The number of carbonyl (C=O) groups is 4. The van der Waals surface area contributed by atoms with Gasteiger partial charge in [-0.1, -0.05) is 63.8 Å². The maximum atomic E-state index is 14.8. The Hall–Kier alpha value is -3.36. The van der Waals surface area contributed by atoms with Crippen LogP contribution in [0.5, 0.6) is 0 Å². The Bertz CT molecular complexity index is 1500. The van der Waals surface area contributed by atoms with E-state index in [0.29, 0.717) is 12.8 Å². The summed E-state index contributed by atoms with van der Waals surface area (Å²) >= 11 is 0. The van der Waals surface area contributed by atoms with Crippen molar-refractivity contribution in [2.75, 3.05) is 20.7 Å². The monoisotopic (exact) mass is 755 g/mol. The van der Waals surface area contributed by atoms with Crippen LogP contribution < -0.4 is 5.32 Å². The zero-order valence-electron chi connectivity index (χ0n) is 33.1. The van der Waals surface area contributed by atoms with Crippen LogP contribution in [0.4, 0.5) is 0 Å². The number of fused-ring (bicyclic) bond motifs is 4. The largest absolute Gasteiger partial charge is 0.460 e. The van der Waals surface area contributed by atoms with Crippen LogP contribution in [-0.2, 0) is 49.5 Å². The third-order valence-corrected chi connectivity index (χ3v) is 10.8. The minimum absolute atomic E-state index is 0.00982. The van der Waals surface area contributed by atoms with Crippen LogP contribution in [0.25, 0.3) is 6.08 Å². The molecule has 2 bridgehead atoms. The van der Waals surface area contributed by atoms with E-state index >= 15 is 0 Å². The Morgan fingerprint density at radius 2 is 1.69 bits per heavy atom. The molecule has 13 heteroatoms. The Balaban J connectivity index is 1.45. The van der Waals surface area contributed by atoms with E-state index in [2.05, 4.69) is 19.2 Å². The summed E-state index contributed by atoms with van der Waals surface area (Å²) in [5.41, 5.74) is -0.460. The number of ether oxygens (including phenoxy) is 4. The molecule has 1 aromatic carbocycles. The Kier molecular flexibility index (Phi) is 13.6. The van der Waals surface area contributed by atoms with Crippen molar-refractivity contribution in [2.45, 2.75) is 160 Å². The van der Waals surface area contributed by atoms with Crippen LogP contribution in [0.15, 0.2) is 30.3 Å². The first kappa shape index (κ1) is 41.8. The van der Waals surface area contributed by atoms with Gasteiger partial charge in [0.2, 0.25) is 11.8 Å². The molecule has 3 saturated heterocycles. The Morgan fingerprint density at radius 3 is 2.28 bits per heavy atom. The summed E-state index contributed by atoms with van der Waals surface area (Å²) in [6, 6.07) is 5.63. The van der Waals surface area contributed by atoms with E-state index in [0.717, 1.165) is 49.7 Å². The number of carbonyl (C=O) groups excluding carboxylic acids is 4. The van der Waals surface area contributed by atoms with Crippen molar-refractivity contribution in [1.29, 1.82) is 0 Å². The summed E-state index contributed by atoms with van der Waals surface area (Å²) in [5.74, 6) is -2.51. The van der Waals surface area contributed by atoms with Crippen LogP contribution in [0.1, 0.15) is 116 Å². The summed E-state index contributed by atoms with van der Waals surface area (Å²) in [4.78, 5) is 61.7. The van der Waals surface area contributed by atoms with Gasteiger partial charge in [0, 0.05) is 45.9 Å². The first-order valence-corrected chi connectivity index (χ1v) is 19.8. The summed E-state index contributed by atoms with van der Waals surface area (Å²) in [7, 11) is 3.37. The number of aliphatic hydroxyl groups is 1. The molecule has 1 aliphatic carbocycles. The van der Waals surface area contributed by atoms with E-state index in [-0.39, 0.29) is 31.7 Å². The van der Waals surface area contributed by atoms with Crippen LogP contribution in [0, 0.1) is 5.41 Å². The average Bonchev–Trinajstić information content (AvgIpc) is 3.67. The van der Waals surface area contributed by atoms with Crippen LogP contribution in [0.3, 0.4) is 0 Å². The summed E-state index contributed by atoms with van der Waals surface area (Å²) in [5, 5.41) is 14.9. The maximum Gasteiger partial charge on any atom is 0.327 e. The number of likely N-dealkylation sites (N-methyl/N-ethyl adjacent to an activating group) is 1. The molecule has 1 saturated carbocycles. The lowest BCUT2D eigenvalue weighted by atomic mass is 9.62. The minimum Gasteiger partial charge on any atom is -0.460 e. The molecule has 5 rings (SSSR count). The first-order valence-electron chi connectivity index (χ1n) is 19.8. The molecule has 0 unspecified atom stereocenters. The zero-order chi connectivity index (χ0) is 39.3. The molecular weight excluding hydrogens is 694 g/mol. The maximum absolute atomic E-state index is 14.8. The van der Waals surface area contributed by atoms with E-state index < -0.39 is 77.8 Å². The standard InChI is InChI=1S/C41H61N3O10/c1-8-10-12-22-40(23-13-11-9-2)52-33-30-24-41(38(49)42-29(26-45)19-21-32(47)51-39(3,4)5)35(37(48)50-30)44(54-36(41)34(33)53-40)25-28-16-14-27(15-17-28)18-20-31(46)43(6)7/h14-18,20,29-30,33-36,45H,8-13,19,21-26H2,1-7H3,(H,42,49)/t29-,30+,33-,34-,35-,36+,41-/m0/s1. The number of aliphatic hydroxyl groups excluding tert-OH is 1. The molecule has 3 aliphatic heterocycles. The number of benzene rings is 1. The number of hydrogen-bond acceptors (Lipinski definition) is 11. The van der Waals surface area contributed by atoms with Gasteiger partial charge < -0.3 is 34.3 Å². The first-order chi connectivity index (χ1) is 25.6. The molecule has 13 nitrogen and oxygen atoms in total. The van der Waals surface area contributed by atoms with Crippen molar-refractivity contribution < 1.29 is 48.1 Å². The molecule has 4 aliphatic rings. The van der Waals surface area contributed by atoms with Gasteiger partial charge in [0.05, 0.1) is 19.2 Å². The van der Waals surface area contributed by atoms with Crippen molar-refractivity contribution in [1.82, 2.24) is 15.3 Å². The third kappa shape index (κ3) is 9.35. The fraction of sp³-hybridized carbons (Fsp3) is 0.707. The predicted molar refractivity (Wildman–Crippen MR) is 200 cm³/mol. The highest BCUT2D eigenvalue weighted by Gasteiger charge is 2.76. The molecule has 0 radical (unpaired) electrons. The molecule has 1 aromatic rings. The highest BCUT2D eigenvalue weighted by atomic mass is 16.8. The van der Waals surface area contributed by atoms with Crippen LogP contribution in [-0.4, -0.2) is 107 Å². The number of nitrogens with one attached hydrogen (secondary N) is 1. The lowest BCUT2D eigenvalue weighted by Crippen LogP contribution is -2.70. The van der Waals surface area contributed by atoms with Crippen LogP contribution >= 0.6 is 0 Å². The van der Waals surface area contributed by atoms with Crippen molar-refractivity contribution in [3.8, 4) is 0 Å². The van der Waals surface area contributed by atoms with Gasteiger partial charge in [-0.05, 0) is 57.2 Å². The quantitative estimate of drug-likeness (QED) is 0.120. The second-order valence-corrected chi connectivity index (χ2v) is 16.5. The van der Waals surface area contributed by atoms with Gasteiger partial charge in [0.25, 0.3) is 0 Å². The molecule has 3 heterocycles. The van der Waals surface area contributed by atoms with Gasteiger partial charge in [-0.2, -0.15) is 5.06 Å². The van der Waals surface area contributed by atoms with E-state index in [1.54, 1.807) is 40.9 Å². The van der Waals surface area contributed by atoms with Gasteiger partial charge in [0.1, 0.15) is 35.4 Å². The highest BCUT2D eigenvalue weighted by Crippen LogP contribution is 2.58. The number of rotatable bonds is 18. The smallest absolute Gasteiger partial charge is 0.327 e. The number of hydrogen-bond donors (Lipinski definition) is 2. The number of nitrogens with zero attached hydrogens (tertiary/aromatic N) is 2. The summed E-state index contributed by atoms with van der Waals surface area (Å²) in [6.07, 6.45) is 7.83. The Labute approximate surface area is 320 Å². The molecule has 54 heavy (non-hydrogen) atoms. The van der Waals surface area contributed by atoms with E-state index in [1.807, 2.05) is 24.3 Å². The van der Waals surface area contributed by atoms with E-state index in [1.165, 1.54) is 16.0 Å². The number of esters is 2. The van der Waals surface area contributed by atoms with E-state index in [9.17, 15) is 24.3 Å². The fourth-order valence-electron chi connectivity index (χ4n) is 8.14. The Morgan fingerprint density at radius 1 is 1.04 bits per heavy atom. The number of amides is 2. The van der Waals surface area contributed by atoms with Gasteiger partial charge in [-0.15, -0.1) is 0 Å². The highest BCUT2D eigenvalue weighted by molar-refractivity contribution is 5.94. The summed E-state index contributed by atoms with van der Waals surface area (Å²) in [6.45, 7) is 9.39. The third-order valence-electron chi connectivity index (χ3n) is 10.8. The average molecular weight is 756 g/mol. The molecule has 2 amide bonds. The molecule has 0 spiro atoms. The van der Waals surface area contributed by atoms with E-state index in [4.69, 9.17) is 23.8 Å². The lowest BCUT2D eigenvalue weighted by Gasteiger charge is -2.49. The second kappa shape index (κ2) is 17.6. The summed E-state index contributed by atoms with van der Waals surface area (Å²) < 4.78 is 25.4. The molecule has 300 valence electrons. The van der Waals surface area contributed by atoms with Gasteiger partial charge in [-0.3, -0.25) is 24.0 Å². The lowest BCUT2D eigenvalue weighted by molar-refractivity contribution is -0.224. The fourth-order valence-corrected chi connectivity index (χ4v) is 8.14. The molecule has 0 aromatic heterocycles. The minimum atomic E-state index is -1.43. The van der Waals surface area contributed by atoms with Gasteiger partial charge in [0.15, 0.2) is 11.8 Å². The molecule has 4 fully saturated rings. The zero-order valence-corrected chi connectivity index (χ0v) is 33.1. The van der Waals surface area contributed by atoms with Crippen molar-refractivity contribution >= 4 is 29.8 Å².